The second-order valence-corrected chi connectivity index (χ2v) is 7.26. The van der Waals surface area contributed by atoms with E-state index >= 15 is 0 Å². The molecule has 0 saturated carbocycles. The van der Waals surface area contributed by atoms with E-state index in [0.29, 0.717) is 11.5 Å². The Morgan fingerprint density at radius 1 is 1.22 bits per heavy atom. The third-order valence-corrected chi connectivity index (χ3v) is 4.13. The van der Waals surface area contributed by atoms with Crippen LogP contribution in [0.3, 0.4) is 0 Å². The highest BCUT2D eigenvalue weighted by molar-refractivity contribution is 4.77. The van der Waals surface area contributed by atoms with Gasteiger partial charge in [-0.05, 0) is 50.6 Å². The summed E-state index contributed by atoms with van der Waals surface area (Å²) in [4.78, 5) is 2.70. The van der Waals surface area contributed by atoms with Gasteiger partial charge in [-0.3, -0.25) is 0 Å². The summed E-state index contributed by atoms with van der Waals surface area (Å²) in [6, 6.07) is 1.18. The van der Waals surface area contributed by atoms with Gasteiger partial charge < -0.3 is 10.6 Å². The zero-order chi connectivity index (χ0) is 13.6. The second kappa shape index (κ2) is 7.49. The van der Waals surface area contributed by atoms with Crippen LogP contribution in [0.1, 0.15) is 72.6 Å². The lowest BCUT2D eigenvalue weighted by Gasteiger charge is -2.31. The van der Waals surface area contributed by atoms with E-state index in [-0.39, 0.29) is 0 Å². The highest BCUT2D eigenvalue weighted by Gasteiger charge is 2.21. The monoisotopic (exact) mass is 254 g/mol. The Kier molecular flexibility index (Phi) is 6.65. The minimum absolute atomic E-state index is 0.363. The van der Waals surface area contributed by atoms with Crippen molar-refractivity contribution in [2.75, 3.05) is 13.1 Å². The Labute approximate surface area is 114 Å². The van der Waals surface area contributed by atoms with Crippen molar-refractivity contribution in [3.63, 3.8) is 0 Å². The van der Waals surface area contributed by atoms with Crippen LogP contribution in [0.25, 0.3) is 0 Å². The number of hydrogen-bond acceptors (Lipinski definition) is 2. The zero-order valence-corrected chi connectivity index (χ0v) is 13.0. The van der Waals surface area contributed by atoms with E-state index in [1.807, 2.05) is 0 Å². The quantitative estimate of drug-likeness (QED) is 0.808. The predicted molar refractivity (Wildman–Crippen MR) is 80.8 cm³/mol. The molecule has 0 aliphatic carbocycles. The van der Waals surface area contributed by atoms with E-state index in [0.717, 1.165) is 18.9 Å². The van der Waals surface area contributed by atoms with Gasteiger partial charge in [0.15, 0.2) is 0 Å². The maximum absolute atomic E-state index is 6.28. The van der Waals surface area contributed by atoms with Crippen molar-refractivity contribution in [2.24, 2.45) is 11.1 Å². The lowest BCUT2D eigenvalue weighted by atomic mass is 9.87. The summed E-state index contributed by atoms with van der Waals surface area (Å²) in [5.74, 6) is 0. The van der Waals surface area contributed by atoms with Gasteiger partial charge in [-0.15, -0.1) is 0 Å². The van der Waals surface area contributed by atoms with Gasteiger partial charge in [0.05, 0.1) is 0 Å². The first kappa shape index (κ1) is 16.0. The first-order chi connectivity index (χ1) is 8.42. The van der Waals surface area contributed by atoms with Crippen molar-refractivity contribution >= 4 is 0 Å². The molecule has 0 bridgehead atoms. The highest BCUT2D eigenvalue weighted by Crippen LogP contribution is 2.23. The number of nitrogens with two attached hydrogens (primary N) is 1. The number of rotatable bonds is 5. The molecule has 0 aromatic heterocycles. The van der Waals surface area contributed by atoms with Crippen molar-refractivity contribution in [3.05, 3.63) is 0 Å². The fourth-order valence-electron chi connectivity index (χ4n) is 3.21. The van der Waals surface area contributed by atoms with Gasteiger partial charge in [0.2, 0.25) is 0 Å². The summed E-state index contributed by atoms with van der Waals surface area (Å²) in [5.41, 5.74) is 6.64. The van der Waals surface area contributed by atoms with Crippen LogP contribution in [-0.4, -0.2) is 30.1 Å². The first-order valence-corrected chi connectivity index (χ1v) is 7.92. The van der Waals surface area contributed by atoms with Crippen LogP contribution < -0.4 is 5.73 Å². The molecule has 0 aromatic rings. The molecule has 108 valence electrons. The van der Waals surface area contributed by atoms with E-state index < -0.39 is 0 Å². The van der Waals surface area contributed by atoms with Gasteiger partial charge in [0.25, 0.3) is 0 Å². The number of hydrogen-bond donors (Lipinski definition) is 1. The molecule has 1 rings (SSSR count). The van der Waals surface area contributed by atoms with Gasteiger partial charge in [-0.25, -0.2) is 0 Å². The summed E-state index contributed by atoms with van der Waals surface area (Å²) in [7, 11) is 0. The molecule has 1 saturated heterocycles. The summed E-state index contributed by atoms with van der Waals surface area (Å²) < 4.78 is 0. The number of likely N-dealkylation sites (tertiary alicyclic amines) is 1. The van der Waals surface area contributed by atoms with E-state index in [9.17, 15) is 0 Å². The molecule has 2 unspecified atom stereocenters. The van der Waals surface area contributed by atoms with Gasteiger partial charge in [-0.1, -0.05) is 40.5 Å². The molecule has 2 nitrogen and oxygen atoms in total. The molecule has 1 heterocycles. The fourth-order valence-corrected chi connectivity index (χ4v) is 3.21. The Morgan fingerprint density at radius 2 is 1.94 bits per heavy atom. The van der Waals surface area contributed by atoms with Crippen molar-refractivity contribution in [2.45, 2.75) is 84.7 Å². The average Bonchev–Trinajstić information content (AvgIpc) is 2.48. The van der Waals surface area contributed by atoms with Crippen LogP contribution in [0.4, 0.5) is 0 Å². The first-order valence-electron chi connectivity index (χ1n) is 7.92. The molecule has 0 amide bonds. The molecule has 0 aromatic carbocycles. The SMILES string of the molecule is CCC1CCCCCN1CCC(N)CC(C)(C)C. The van der Waals surface area contributed by atoms with Crippen molar-refractivity contribution < 1.29 is 0 Å². The summed E-state index contributed by atoms with van der Waals surface area (Å²) >= 11 is 0. The smallest absolute Gasteiger partial charge is 0.00926 e. The molecule has 18 heavy (non-hydrogen) atoms. The molecular formula is C16H34N2. The van der Waals surface area contributed by atoms with E-state index in [1.54, 1.807) is 0 Å². The normalized spacial score (nSPS) is 24.8. The zero-order valence-electron chi connectivity index (χ0n) is 13.0. The minimum Gasteiger partial charge on any atom is -0.328 e. The number of nitrogens with zero attached hydrogens (tertiary/aromatic N) is 1. The second-order valence-electron chi connectivity index (χ2n) is 7.26. The van der Waals surface area contributed by atoms with Crippen LogP contribution in [0.2, 0.25) is 0 Å². The topological polar surface area (TPSA) is 29.3 Å². The van der Waals surface area contributed by atoms with Crippen LogP contribution in [0, 0.1) is 5.41 Å². The van der Waals surface area contributed by atoms with Crippen molar-refractivity contribution in [1.82, 2.24) is 4.90 Å². The molecule has 2 N–H and O–H groups in total. The van der Waals surface area contributed by atoms with E-state index in [2.05, 4.69) is 32.6 Å². The predicted octanol–water partition coefficient (Wildman–Crippen LogP) is 3.79. The molecule has 1 aliphatic rings. The molecule has 0 radical (unpaired) electrons. The van der Waals surface area contributed by atoms with Crippen molar-refractivity contribution in [3.8, 4) is 0 Å². The van der Waals surface area contributed by atoms with Crippen LogP contribution in [-0.2, 0) is 0 Å². The van der Waals surface area contributed by atoms with E-state index in [1.165, 1.54) is 45.2 Å². The molecule has 1 fully saturated rings. The maximum atomic E-state index is 6.28. The molecule has 2 heteroatoms. The van der Waals surface area contributed by atoms with Gasteiger partial charge >= 0.3 is 0 Å². The molecule has 0 spiro atoms. The van der Waals surface area contributed by atoms with Crippen molar-refractivity contribution in [1.29, 1.82) is 0 Å². The van der Waals surface area contributed by atoms with Crippen LogP contribution in [0.15, 0.2) is 0 Å². The standard InChI is InChI=1S/C16H34N2/c1-5-15-9-7-6-8-11-18(15)12-10-14(17)13-16(2,3)4/h14-15H,5-13,17H2,1-4H3. The lowest BCUT2D eigenvalue weighted by molar-refractivity contribution is 0.182. The maximum Gasteiger partial charge on any atom is 0.00926 e. The third-order valence-electron chi connectivity index (χ3n) is 4.13. The van der Waals surface area contributed by atoms with Crippen LogP contribution in [0.5, 0.6) is 0 Å². The Morgan fingerprint density at radius 3 is 2.56 bits per heavy atom. The van der Waals surface area contributed by atoms with Crippen LogP contribution >= 0.6 is 0 Å². The Bertz CT molecular complexity index is 220. The summed E-state index contributed by atoms with van der Waals surface area (Å²) in [6.45, 7) is 11.7. The lowest BCUT2D eigenvalue weighted by Crippen LogP contribution is -2.38. The van der Waals surface area contributed by atoms with Gasteiger partial charge in [-0.2, -0.15) is 0 Å². The molecular weight excluding hydrogens is 220 g/mol. The average molecular weight is 254 g/mol. The third kappa shape index (κ3) is 6.19. The molecule has 1 aliphatic heterocycles. The molecule has 2 atom stereocenters. The fraction of sp³-hybridized carbons (Fsp3) is 1.00. The van der Waals surface area contributed by atoms with E-state index in [4.69, 9.17) is 5.73 Å². The largest absolute Gasteiger partial charge is 0.328 e. The highest BCUT2D eigenvalue weighted by atomic mass is 15.2. The Balaban J connectivity index is 2.35. The van der Waals surface area contributed by atoms with Gasteiger partial charge in [0, 0.05) is 12.1 Å². The minimum atomic E-state index is 0.363. The van der Waals surface area contributed by atoms with Gasteiger partial charge in [0.1, 0.15) is 0 Å². The summed E-state index contributed by atoms with van der Waals surface area (Å²) in [5, 5.41) is 0. The summed E-state index contributed by atoms with van der Waals surface area (Å²) in [6.07, 6.45) is 9.21. The Hall–Kier alpha value is -0.0800.